The van der Waals surface area contributed by atoms with Crippen molar-refractivity contribution in [1.29, 1.82) is 0 Å². The number of carbonyl (C=O) groups is 1. The summed E-state index contributed by atoms with van der Waals surface area (Å²) in [6.45, 7) is 4.68. The molecule has 0 unspecified atom stereocenters. The van der Waals surface area contributed by atoms with E-state index in [0.29, 0.717) is 6.42 Å². The number of aromatic nitrogens is 3. The van der Waals surface area contributed by atoms with E-state index in [1.54, 1.807) is 6.20 Å². The van der Waals surface area contributed by atoms with Gasteiger partial charge in [-0.05, 0) is 31.0 Å². The number of nitrogens with zero attached hydrogens (tertiary/aromatic N) is 4. The molecule has 1 atom stereocenters. The maximum absolute atomic E-state index is 12.5. The highest BCUT2D eigenvalue weighted by Crippen LogP contribution is 2.29. The van der Waals surface area contributed by atoms with E-state index in [9.17, 15) is 4.79 Å². The second-order valence-electron chi connectivity index (χ2n) is 5.51. The molecule has 3 heterocycles. The highest BCUT2D eigenvalue weighted by atomic mass is 16.2. The molecule has 1 aliphatic heterocycles. The van der Waals surface area contributed by atoms with Crippen molar-refractivity contribution in [3.63, 3.8) is 0 Å². The lowest BCUT2D eigenvalue weighted by atomic mass is 10.1. The summed E-state index contributed by atoms with van der Waals surface area (Å²) in [5.74, 6) is 0.265. The van der Waals surface area contributed by atoms with E-state index < -0.39 is 0 Å². The smallest absolute Gasteiger partial charge is 0.223 e. The zero-order valence-corrected chi connectivity index (χ0v) is 12.5. The van der Waals surface area contributed by atoms with Crippen LogP contribution in [-0.4, -0.2) is 31.7 Å². The van der Waals surface area contributed by atoms with Gasteiger partial charge in [0.1, 0.15) is 0 Å². The minimum atomic E-state index is 0.228. The van der Waals surface area contributed by atoms with E-state index in [1.807, 2.05) is 16.9 Å². The fourth-order valence-electron chi connectivity index (χ4n) is 3.16. The lowest BCUT2D eigenvalue weighted by molar-refractivity contribution is -0.135. The fourth-order valence-corrected chi connectivity index (χ4v) is 3.16. The predicted molar refractivity (Wildman–Crippen MR) is 80.6 cm³/mol. The van der Waals surface area contributed by atoms with E-state index in [0.717, 1.165) is 32.5 Å². The quantitative estimate of drug-likeness (QED) is 0.847. The van der Waals surface area contributed by atoms with Crippen LogP contribution in [0.15, 0.2) is 36.8 Å². The molecule has 1 amide bonds. The molecule has 0 radical (unpaired) electrons. The number of aryl methyl sites for hydroxylation is 1. The minimum Gasteiger partial charge on any atom is -0.348 e. The van der Waals surface area contributed by atoms with Crippen LogP contribution < -0.4 is 0 Å². The molecular formula is C16H22N4O. The van der Waals surface area contributed by atoms with Crippen LogP contribution in [0.4, 0.5) is 0 Å². The monoisotopic (exact) mass is 286 g/mol. The van der Waals surface area contributed by atoms with Crippen molar-refractivity contribution in [3.8, 4) is 0 Å². The fraction of sp³-hybridized carbons (Fsp3) is 0.500. The molecule has 0 spiro atoms. The summed E-state index contributed by atoms with van der Waals surface area (Å²) in [7, 11) is 0. The molecule has 0 saturated heterocycles. The van der Waals surface area contributed by atoms with Crippen molar-refractivity contribution >= 4 is 5.91 Å². The normalized spacial score (nSPS) is 17.8. The summed E-state index contributed by atoms with van der Waals surface area (Å²) in [6, 6.07) is 6.35. The highest BCUT2D eigenvalue weighted by Gasteiger charge is 2.28. The van der Waals surface area contributed by atoms with E-state index in [4.69, 9.17) is 0 Å². The van der Waals surface area contributed by atoms with Gasteiger partial charge in [-0.1, -0.05) is 6.92 Å². The van der Waals surface area contributed by atoms with E-state index in [-0.39, 0.29) is 11.9 Å². The summed E-state index contributed by atoms with van der Waals surface area (Å²) in [5.41, 5.74) is 1.27. The first-order chi connectivity index (χ1) is 10.3. The number of hydrogen-bond donors (Lipinski definition) is 0. The lowest BCUT2D eigenvalue weighted by Crippen LogP contribution is -2.41. The van der Waals surface area contributed by atoms with Gasteiger partial charge in [-0.25, -0.2) is 0 Å². The van der Waals surface area contributed by atoms with Gasteiger partial charge in [0.25, 0.3) is 0 Å². The lowest BCUT2D eigenvalue weighted by Gasteiger charge is -2.36. The Bertz CT molecular complexity index is 587. The average Bonchev–Trinajstić information content (AvgIpc) is 3.16. The van der Waals surface area contributed by atoms with Crippen molar-refractivity contribution < 1.29 is 4.79 Å². The second kappa shape index (κ2) is 6.16. The molecule has 0 N–H and O–H groups in total. The molecule has 0 saturated carbocycles. The molecule has 21 heavy (non-hydrogen) atoms. The highest BCUT2D eigenvalue weighted by molar-refractivity contribution is 5.76. The third kappa shape index (κ3) is 2.86. The van der Waals surface area contributed by atoms with Crippen LogP contribution in [0.3, 0.4) is 0 Å². The van der Waals surface area contributed by atoms with Gasteiger partial charge in [-0.3, -0.25) is 9.48 Å². The summed E-state index contributed by atoms with van der Waals surface area (Å²) in [6.07, 6.45) is 8.22. The van der Waals surface area contributed by atoms with E-state index in [1.165, 1.54) is 5.69 Å². The molecular weight excluding hydrogens is 264 g/mol. The Morgan fingerprint density at radius 2 is 2.24 bits per heavy atom. The molecule has 0 aromatic carbocycles. The first-order valence-corrected chi connectivity index (χ1v) is 7.71. The van der Waals surface area contributed by atoms with Crippen LogP contribution in [-0.2, 0) is 17.9 Å². The number of hydrogen-bond acceptors (Lipinski definition) is 2. The molecule has 0 aliphatic carbocycles. The molecule has 0 fully saturated rings. The topological polar surface area (TPSA) is 43.1 Å². The maximum atomic E-state index is 12.5. The van der Waals surface area contributed by atoms with Crippen LogP contribution in [0.2, 0.25) is 0 Å². The van der Waals surface area contributed by atoms with Crippen molar-refractivity contribution in [2.75, 3.05) is 6.54 Å². The first kappa shape index (κ1) is 13.9. The summed E-state index contributed by atoms with van der Waals surface area (Å²) >= 11 is 0. The number of fused-ring (bicyclic) bond motifs is 1. The molecule has 5 nitrogen and oxygen atoms in total. The summed E-state index contributed by atoms with van der Waals surface area (Å²) < 4.78 is 4.15. The van der Waals surface area contributed by atoms with Crippen LogP contribution in [0.25, 0.3) is 0 Å². The van der Waals surface area contributed by atoms with Gasteiger partial charge in [0, 0.05) is 50.3 Å². The molecule has 112 valence electrons. The van der Waals surface area contributed by atoms with Crippen molar-refractivity contribution in [3.05, 3.63) is 42.5 Å². The van der Waals surface area contributed by atoms with Crippen molar-refractivity contribution in [2.45, 2.75) is 45.3 Å². The molecule has 5 heteroatoms. The molecule has 3 rings (SSSR count). The maximum Gasteiger partial charge on any atom is 0.223 e. The van der Waals surface area contributed by atoms with Crippen LogP contribution in [0.1, 0.15) is 37.9 Å². The Morgan fingerprint density at radius 1 is 1.33 bits per heavy atom. The van der Waals surface area contributed by atoms with Gasteiger partial charge in [-0.2, -0.15) is 5.10 Å². The standard InChI is InChI=1S/C16H22N4O/c1-2-14-15-6-3-9-18(15)12-13-20(14)16(21)7-4-10-19-11-5-8-17-19/h3,5-6,8-9,11,14H,2,4,7,10,12-13H2,1H3/t14-/m1/s1. The minimum absolute atomic E-state index is 0.228. The van der Waals surface area contributed by atoms with Crippen LogP contribution >= 0.6 is 0 Å². The van der Waals surface area contributed by atoms with Gasteiger partial charge in [0.05, 0.1) is 6.04 Å². The first-order valence-electron chi connectivity index (χ1n) is 7.71. The number of amides is 1. The van der Waals surface area contributed by atoms with Gasteiger partial charge in [-0.15, -0.1) is 0 Å². The Morgan fingerprint density at radius 3 is 3.00 bits per heavy atom. The van der Waals surface area contributed by atoms with E-state index in [2.05, 4.69) is 39.8 Å². The molecule has 1 aliphatic rings. The Balaban J connectivity index is 1.59. The van der Waals surface area contributed by atoms with Gasteiger partial charge in [0.2, 0.25) is 5.91 Å². The number of rotatable bonds is 5. The molecule has 2 aromatic rings. The SMILES string of the molecule is CC[C@@H]1c2cccn2CCN1C(=O)CCCn1cccn1. The van der Waals surface area contributed by atoms with Crippen LogP contribution in [0.5, 0.6) is 0 Å². The van der Waals surface area contributed by atoms with Gasteiger partial charge < -0.3 is 9.47 Å². The van der Waals surface area contributed by atoms with Crippen molar-refractivity contribution in [2.24, 2.45) is 0 Å². The Hall–Kier alpha value is -2.04. The third-order valence-electron chi connectivity index (χ3n) is 4.21. The van der Waals surface area contributed by atoms with Crippen LogP contribution in [0, 0.1) is 0 Å². The third-order valence-corrected chi connectivity index (χ3v) is 4.21. The van der Waals surface area contributed by atoms with Crippen molar-refractivity contribution in [1.82, 2.24) is 19.2 Å². The zero-order chi connectivity index (χ0) is 14.7. The largest absolute Gasteiger partial charge is 0.348 e. The number of carbonyl (C=O) groups excluding carboxylic acids is 1. The summed E-state index contributed by atoms with van der Waals surface area (Å²) in [5, 5.41) is 4.17. The predicted octanol–water partition coefficient (Wildman–Crippen LogP) is 2.46. The van der Waals surface area contributed by atoms with Gasteiger partial charge in [0.15, 0.2) is 0 Å². The van der Waals surface area contributed by atoms with E-state index >= 15 is 0 Å². The summed E-state index contributed by atoms with van der Waals surface area (Å²) in [4.78, 5) is 14.6. The molecule has 0 bridgehead atoms. The van der Waals surface area contributed by atoms with Gasteiger partial charge >= 0.3 is 0 Å². The molecule has 2 aromatic heterocycles. The Kier molecular flexibility index (Phi) is 4.08. The second-order valence-corrected chi connectivity index (χ2v) is 5.51. The Labute approximate surface area is 125 Å². The zero-order valence-electron chi connectivity index (χ0n) is 12.5. The average molecular weight is 286 g/mol.